The van der Waals surface area contributed by atoms with Crippen LogP contribution in [-0.4, -0.2) is 21.6 Å². The molecule has 6 heteroatoms. The van der Waals surface area contributed by atoms with Gasteiger partial charge in [0.15, 0.2) is 0 Å². The van der Waals surface area contributed by atoms with E-state index in [4.69, 9.17) is 4.74 Å². The third-order valence-corrected chi connectivity index (χ3v) is 7.36. The summed E-state index contributed by atoms with van der Waals surface area (Å²) in [5.41, 5.74) is 1.44. The number of hydrogen-bond acceptors (Lipinski definition) is 3. The number of benzene rings is 4. The lowest BCUT2D eigenvalue weighted by Crippen LogP contribution is -2.30. The van der Waals surface area contributed by atoms with Crippen LogP contribution in [0.15, 0.2) is 71.6 Å². The molecule has 0 fully saturated rings. The average Bonchev–Trinajstić information content (AvgIpc) is 2.71. The summed E-state index contributed by atoms with van der Waals surface area (Å²) in [6.45, 7) is 3.64. The van der Waals surface area contributed by atoms with Crippen molar-refractivity contribution < 1.29 is 13.2 Å². The molecule has 0 aliphatic carbocycles. The highest BCUT2D eigenvalue weighted by atomic mass is 127. The van der Waals surface area contributed by atoms with Crippen molar-refractivity contribution in [1.82, 2.24) is 4.72 Å². The fraction of sp³-hybridized carbons (Fsp3) is 0.167. The topological polar surface area (TPSA) is 55.4 Å². The van der Waals surface area contributed by atoms with Gasteiger partial charge in [0.2, 0.25) is 10.0 Å². The van der Waals surface area contributed by atoms with E-state index >= 15 is 0 Å². The predicted octanol–water partition coefficient (Wildman–Crippen LogP) is 5.96. The second-order valence-corrected chi connectivity index (χ2v) is 10.4. The molecule has 4 nitrogen and oxygen atoms in total. The molecule has 0 heterocycles. The van der Waals surface area contributed by atoms with Crippen molar-refractivity contribution in [2.24, 2.45) is 0 Å². The molecule has 0 aliphatic heterocycles. The van der Waals surface area contributed by atoms with Gasteiger partial charge >= 0.3 is 0 Å². The van der Waals surface area contributed by atoms with Gasteiger partial charge in [-0.2, -0.15) is 0 Å². The second-order valence-electron chi connectivity index (χ2n) is 7.44. The smallest absolute Gasteiger partial charge is 0.241 e. The molecule has 0 saturated heterocycles. The Morgan fingerprint density at radius 3 is 2.30 bits per heavy atom. The van der Waals surface area contributed by atoms with E-state index in [-0.39, 0.29) is 10.9 Å². The highest BCUT2D eigenvalue weighted by Gasteiger charge is 2.25. The number of rotatable bonds is 5. The minimum absolute atomic E-state index is 0.217. The first-order valence-corrected chi connectivity index (χ1v) is 12.2. The van der Waals surface area contributed by atoms with E-state index in [1.807, 2.05) is 68.4 Å². The van der Waals surface area contributed by atoms with E-state index in [9.17, 15) is 8.42 Å². The normalized spacial score (nSPS) is 12.0. The minimum atomic E-state index is -3.74. The van der Waals surface area contributed by atoms with Crippen LogP contribution in [0, 0.1) is 3.57 Å². The van der Waals surface area contributed by atoms with Crippen LogP contribution in [0.2, 0.25) is 0 Å². The molecule has 0 aromatic heterocycles. The van der Waals surface area contributed by atoms with Crippen molar-refractivity contribution in [3.8, 4) is 16.9 Å². The first-order valence-electron chi connectivity index (χ1n) is 9.62. The minimum Gasteiger partial charge on any atom is -0.496 e. The van der Waals surface area contributed by atoms with E-state index in [2.05, 4.69) is 33.4 Å². The molecule has 0 unspecified atom stereocenters. The van der Waals surface area contributed by atoms with E-state index in [1.165, 1.54) is 0 Å². The van der Waals surface area contributed by atoms with Crippen molar-refractivity contribution in [3.05, 3.63) is 70.3 Å². The van der Waals surface area contributed by atoms with Gasteiger partial charge in [0.05, 0.1) is 12.0 Å². The van der Waals surface area contributed by atoms with Crippen LogP contribution in [0.25, 0.3) is 32.7 Å². The highest BCUT2D eigenvalue weighted by molar-refractivity contribution is 14.1. The van der Waals surface area contributed by atoms with Crippen LogP contribution in [0.3, 0.4) is 0 Å². The Kier molecular flexibility index (Phi) is 5.74. The van der Waals surface area contributed by atoms with Crippen LogP contribution in [0.5, 0.6) is 5.75 Å². The average molecular weight is 531 g/mol. The predicted molar refractivity (Wildman–Crippen MR) is 132 cm³/mol. The summed E-state index contributed by atoms with van der Waals surface area (Å²) >= 11 is 2.28. The number of nitrogens with one attached hydrogen (secondary N) is 1. The second kappa shape index (κ2) is 8.17. The first-order chi connectivity index (χ1) is 14.3. The van der Waals surface area contributed by atoms with E-state index in [1.54, 1.807) is 13.2 Å². The molecule has 0 spiro atoms. The number of halogens is 1. The molecule has 154 valence electrons. The number of sulfonamides is 1. The lowest BCUT2D eigenvalue weighted by molar-refractivity contribution is 0.417. The Morgan fingerprint density at radius 2 is 1.57 bits per heavy atom. The molecular formula is C24H22INO3S. The third kappa shape index (κ3) is 3.79. The Morgan fingerprint density at radius 1 is 0.867 bits per heavy atom. The van der Waals surface area contributed by atoms with Gasteiger partial charge in [0, 0.05) is 20.7 Å². The molecule has 1 N–H and O–H groups in total. The summed E-state index contributed by atoms with van der Waals surface area (Å²) in [6, 6.07) is 21.2. The molecule has 30 heavy (non-hydrogen) atoms. The molecular weight excluding hydrogens is 509 g/mol. The van der Waals surface area contributed by atoms with E-state index < -0.39 is 10.0 Å². The maximum absolute atomic E-state index is 13.3. The summed E-state index contributed by atoms with van der Waals surface area (Å²) in [5, 5.41) is 3.83. The van der Waals surface area contributed by atoms with Crippen LogP contribution in [0.4, 0.5) is 0 Å². The van der Waals surface area contributed by atoms with Crippen LogP contribution in [0.1, 0.15) is 13.8 Å². The number of hydrogen-bond donors (Lipinski definition) is 1. The molecule has 4 rings (SSSR count). The van der Waals surface area contributed by atoms with Gasteiger partial charge in [-0.05, 0) is 82.2 Å². The Bertz CT molecular complexity index is 1360. The zero-order valence-electron chi connectivity index (χ0n) is 16.9. The summed E-state index contributed by atoms with van der Waals surface area (Å²) in [7, 11) is -2.12. The van der Waals surface area contributed by atoms with Crippen molar-refractivity contribution in [2.45, 2.75) is 24.8 Å². The maximum atomic E-state index is 13.3. The van der Waals surface area contributed by atoms with Crippen molar-refractivity contribution in [1.29, 1.82) is 0 Å². The van der Waals surface area contributed by atoms with E-state index in [0.29, 0.717) is 11.3 Å². The SMILES string of the molecule is COc1ccc2cc(I)ccc2c1-c1c(S(=O)(=O)NC(C)C)ccc2ccccc12. The van der Waals surface area contributed by atoms with Gasteiger partial charge in [-0.25, -0.2) is 13.1 Å². The van der Waals surface area contributed by atoms with Gasteiger partial charge in [-0.15, -0.1) is 0 Å². The van der Waals surface area contributed by atoms with Gasteiger partial charge in [0.25, 0.3) is 0 Å². The lowest BCUT2D eigenvalue weighted by Gasteiger charge is -2.19. The molecule has 0 bridgehead atoms. The molecule has 0 radical (unpaired) electrons. The fourth-order valence-corrected chi connectivity index (χ4v) is 5.81. The molecule has 4 aromatic carbocycles. The Labute approximate surface area is 190 Å². The zero-order valence-corrected chi connectivity index (χ0v) is 19.9. The quantitative estimate of drug-likeness (QED) is 0.324. The Balaban J connectivity index is 2.19. The highest BCUT2D eigenvalue weighted by Crippen LogP contribution is 2.44. The van der Waals surface area contributed by atoms with Crippen LogP contribution in [-0.2, 0) is 10.0 Å². The van der Waals surface area contributed by atoms with Crippen LogP contribution < -0.4 is 9.46 Å². The van der Waals surface area contributed by atoms with Gasteiger partial charge in [0.1, 0.15) is 5.75 Å². The summed E-state index contributed by atoms with van der Waals surface area (Å²) in [4.78, 5) is 0.249. The number of methoxy groups -OCH3 is 1. The third-order valence-electron chi connectivity index (χ3n) is 4.98. The summed E-state index contributed by atoms with van der Waals surface area (Å²) in [5.74, 6) is 0.640. The largest absolute Gasteiger partial charge is 0.496 e. The van der Waals surface area contributed by atoms with Crippen molar-refractivity contribution in [2.75, 3.05) is 7.11 Å². The standard InChI is InChI=1S/C24H22INO3S/c1-15(2)26-30(27,28)22-13-9-16-6-4-5-7-19(16)24(22)23-20-11-10-18(25)14-17(20)8-12-21(23)29-3/h4-15,26H,1-3H3. The number of fused-ring (bicyclic) bond motifs is 2. The Hall–Kier alpha value is -2.16. The van der Waals surface area contributed by atoms with Crippen LogP contribution >= 0.6 is 22.6 Å². The maximum Gasteiger partial charge on any atom is 0.241 e. The van der Waals surface area contributed by atoms with Gasteiger partial charge in [-0.3, -0.25) is 0 Å². The zero-order chi connectivity index (χ0) is 21.5. The molecule has 0 saturated carbocycles. The summed E-state index contributed by atoms with van der Waals surface area (Å²) < 4.78 is 36.2. The molecule has 0 atom stereocenters. The van der Waals surface area contributed by atoms with Gasteiger partial charge in [-0.1, -0.05) is 42.5 Å². The first kappa shape index (κ1) is 21.1. The molecule has 4 aromatic rings. The summed E-state index contributed by atoms with van der Waals surface area (Å²) in [6.07, 6.45) is 0. The number of ether oxygens (including phenoxy) is 1. The van der Waals surface area contributed by atoms with Gasteiger partial charge < -0.3 is 4.74 Å². The molecule has 0 aliphatic rings. The lowest BCUT2D eigenvalue weighted by atomic mass is 9.93. The molecule has 0 amide bonds. The monoisotopic (exact) mass is 531 g/mol. The van der Waals surface area contributed by atoms with E-state index in [0.717, 1.165) is 30.7 Å². The van der Waals surface area contributed by atoms with Crippen molar-refractivity contribution >= 4 is 54.2 Å². The van der Waals surface area contributed by atoms with Crippen molar-refractivity contribution in [3.63, 3.8) is 0 Å². The fourth-order valence-electron chi connectivity index (χ4n) is 3.82.